The fourth-order valence-electron chi connectivity index (χ4n) is 4.11. The van der Waals surface area contributed by atoms with E-state index in [4.69, 9.17) is 4.74 Å². The van der Waals surface area contributed by atoms with Gasteiger partial charge in [0.15, 0.2) is 0 Å². The summed E-state index contributed by atoms with van der Waals surface area (Å²) in [4.78, 5) is 31.5. The van der Waals surface area contributed by atoms with E-state index in [0.29, 0.717) is 24.3 Å². The lowest BCUT2D eigenvalue weighted by atomic mass is 9.98. The highest BCUT2D eigenvalue weighted by Crippen LogP contribution is 2.30. The number of imidazole rings is 1. The second kappa shape index (κ2) is 9.30. The number of carbonyl (C=O) groups excluding carboxylic acids is 1. The number of rotatable bonds is 6. The maximum Gasteiger partial charge on any atom is 0.321 e. The molecule has 3 aromatic carbocycles. The Morgan fingerprint density at radius 3 is 2.66 bits per heavy atom. The minimum absolute atomic E-state index is 0.204. The van der Waals surface area contributed by atoms with Crippen LogP contribution in [0.25, 0.3) is 32.9 Å². The zero-order valence-corrected chi connectivity index (χ0v) is 19.3. The normalized spacial score (nSPS) is 11.0. The van der Waals surface area contributed by atoms with Gasteiger partial charge >= 0.3 is 6.03 Å². The van der Waals surface area contributed by atoms with Gasteiger partial charge in [0.2, 0.25) is 5.95 Å². The summed E-state index contributed by atoms with van der Waals surface area (Å²) in [6.07, 6.45) is 0.522. The summed E-state index contributed by atoms with van der Waals surface area (Å²) < 4.78 is 5.57. The topological polar surface area (TPSA) is 125 Å². The van der Waals surface area contributed by atoms with Crippen molar-refractivity contribution in [3.05, 3.63) is 82.3 Å². The van der Waals surface area contributed by atoms with Crippen LogP contribution < -0.4 is 20.9 Å². The summed E-state index contributed by atoms with van der Waals surface area (Å²) in [6, 6.07) is 19.0. The minimum atomic E-state index is -0.312. The van der Waals surface area contributed by atoms with Gasteiger partial charge in [0.05, 0.1) is 29.2 Å². The summed E-state index contributed by atoms with van der Waals surface area (Å²) in [6.45, 7) is 2.38. The van der Waals surface area contributed by atoms with E-state index in [-0.39, 0.29) is 11.6 Å². The van der Waals surface area contributed by atoms with E-state index in [1.807, 2.05) is 55.5 Å². The fourth-order valence-corrected chi connectivity index (χ4v) is 4.11. The molecule has 9 heteroatoms. The van der Waals surface area contributed by atoms with Crippen LogP contribution in [0.3, 0.4) is 0 Å². The number of benzene rings is 3. The summed E-state index contributed by atoms with van der Waals surface area (Å²) in [7, 11) is 1.63. The molecular formula is C26H24N6O3. The molecule has 0 unspecified atom stereocenters. The number of methoxy groups -OCH3 is 1. The summed E-state index contributed by atoms with van der Waals surface area (Å²) in [5.74, 6) is 1.10. The van der Waals surface area contributed by atoms with Gasteiger partial charge in [-0.15, -0.1) is 0 Å². The molecule has 0 radical (unpaired) electrons. The number of hydrogen-bond acceptors (Lipinski definition) is 5. The molecule has 35 heavy (non-hydrogen) atoms. The fraction of sp³-hybridized carbons (Fsp3) is 0.154. The largest absolute Gasteiger partial charge is 0.497 e. The van der Waals surface area contributed by atoms with Gasteiger partial charge < -0.3 is 15.0 Å². The van der Waals surface area contributed by atoms with Crippen LogP contribution in [0, 0.1) is 0 Å². The third kappa shape index (κ3) is 4.56. The predicted octanol–water partition coefficient (Wildman–Crippen LogP) is 4.21. The molecule has 4 N–H and O–H groups in total. The van der Waals surface area contributed by atoms with Gasteiger partial charge in [0.1, 0.15) is 5.75 Å². The Kier molecular flexibility index (Phi) is 5.88. The molecule has 2 amide bonds. The molecule has 0 fully saturated rings. The average molecular weight is 469 g/mol. The van der Waals surface area contributed by atoms with Crippen molar-refractivity contribution in [2.75, 3.05) is 19.0 Å². The molecule has 0 aliphatic carbocycles. The summed E-state index contributed by atoms with van der Waals surface area (Å²) in [5, 5.41) is 13.7. The third-order valence-electron chi connectivity index (χ3n) is 5.73. The van der Waals surface area contributed by atoms with E-state index in [1.54, 1.807) is 13.2 Å². The van der Waals surface area contributed by atoms with Crippen molar-refractivity contribution >= 4 is 33.8 Å². The van der Waals surface area contributed by atoms with Crippen molar-refractivity contribution in [2.45, 2.75) is 13.3 Å². The Balaban J connectivity index is 1.50. The van der Waals surface area contributed by atoms with Crippen molar-refractivity contribution in [2.24, 2.45) is 0 Å². The van der Waals surface area contributed by atoms with Crippen LogP contribution in [0.4, 0.5) is 10.7 Å². The monoisotopic (exact) mass is 468 g/mol. The highest BCUT2D eigenvalue weighted by molar-refractivity contribution is 5.91. The van der Waals surface area contributed by atoms with Crippen LogP contribution in [0.15, 0.2) is 65.5 Å². The van der Waals surface area contributed by atoms with Crippen LogP contribution in [-0.2, 0) is 6.42 Å². The van der Waals surface area contributed by atoms with E-state index in [0.717, 1.165) is 44.6 Å². The van der Waals surface area contributed by atoms with Crippen molar-refractivity contribution in [1.82, 2.24) is 25.5 Å². The molecule has 5 rings (SSSR count). The predicted molar refractivity (Wildman–Crippen MR) is 136 cm³/mol. The molecule has 0 aliphatic rings. The van der Waals surface area contributed by atoms with Crippen LogP contribution in [-0.4, -0.2) is 39.9 Å². The molecule has 2 aromatic heterocycles. The molecule has 0 bridgehead atoms. The third-order valence-corrected chi connectivity index (χ3v) is 5.73. The van der Waals surface area contributed by atoms with Crippen molar-refractivity contribution < 1.29 is 9.53 Å². The molecule has 9 nitrogen and oxygen atoms in total. The first-order chi connectivity index (χ1) is 17.0. The van der Waals surface area contributed by atoms with Gasteiger partial charge in [-0.25, -0.2) is 14.9 Å². The van der Waals surface area contributed by atoms with E-state index in [1.165, 1.54) is 0 Å². The summed E-state index contributed by atoms with van der Waals surface area (Å²) >= 11 is 0. The van der Waals surface area contributed by atoms with Crippen LogP contribution in [0.2, 0.25) is 0 Å². The first-order valence-corrected chi connectivity index (χ1v) is 11.2. The van der Waals surface area contributed by atoms with Gasteiger partial charge in [0.25, 0.3) is 5.56 Å². The quantitative estimate of drug-likeness (QED) is 0.297. The Morgan fingerprint density at radius 2 is 1.86 bits per heavy atom. The number of H-pyrrole nitrogens is 2. The molecule has 2 heterocycles. The van der Waals surface area contributed by atoms with E-state index < -0.39 is 0 Å². The number of aromatic nitrogens is 4. The van der Waals surface area contributed by atoms with Crippen molar-refractivity contribution in [3.8, 4) is 16.9 Å². The second-order valence-electron chi connectivity index (χ2n) is 8.09. The van der Waals surface area contributed by atoms with Gasteiger partial charge in [-0.3, -0.25) is 10.1 Å². The number of nitrogens with zero attached hydrogens (tertiary/aromatic N) is 2. The smallest absolute Gasteiger partial charge is 0.321 e. The number of amides is 2. The van der Waals surface area contributed by atoms with Crippen molar-refractivity contribution in [1.29, 1.82) is 0 Å². The Bertz CT molecular complexity index is 1600. The van der Waals surface area contributed by atoms with E-state index >= 15 is 0 Å². The molecule has 0 saturated carbocycles. The summed E-state index contributed by atoms with van der Waals surface area (Å²) in [5.41, 5.74) is 5.04. The second-order valence-corrected chi connectivity index (χ2v) is 8.09. The highest BCUT2D eigenvalue weighted by Gasteiger charge is 2.12. The number of nitrogens with one attached hydrogen (secondary N) is 4. The van der Waals surface area contributed by atoms with Crippen LogP contribution in [0.5, 0.6) is 5.75 Å². The zero-order chi connectivity index (χ0) is 24.4. The standard InChI is InChI=1S/C26H24N6O3/c1-3-27-26(34)30-25-28-21-9-8-16(14-23(21)29-25)17-10-15(11-18(13-17)35-2)12-22-19-6-4-5-7-20(19)24(33)32-31-22/h4-11,13-14H,3,12H2,1-2H3,(H,32,33)(H3,27,28,29,30,34). The molecule has 0 aliphatic heterocycles. The van der Waals surface area contributed by atoms with Crippen molar-refractivity contribution in [3.63, 3.8) is 0 Å². The lowest BCUT2D eigenvalue weighted by molar-refractivity contribution is 0.252. The Morgan fingerprint density at radius 1 is 1.03 bits per heavy atom. The molecule has 5 aromatic rings. The molecule has 176 valence electrons. The average Bonchev–Trinajstić information content (AvgIpc) is 3.27. The number of aromatic amines is 2. The molecule has 0 saturated heterocycles. The van der Waals surface area contributed by atoms with Gasteiger partial charge in [0, 0.05) is 18.4 Å². The number of fused-ring (bicyclic) bond motifs is 2. The number of hydrogen-bond donors (Lipinski definition) is 4. The highest BCUT2D eigenvalue weighted by atomic mass is 16.5. The number of ether oxygens (including phenoxy) is 1. The van der Waals surface area contributed by atoms with E-state index in [2.05, 4.69) is 36.9 Å². The number of urea groups is 1. The molecule has 0 spiro atoms. The van der Waals surface area contributed by atoms with Gasteiger partial charge in [-0.05, 0) is 53.9 Å². The first kappa shape index (κ1) is 22.1. The molecular weight excluding hydrogens is 444 g/mol. The van der Waals surface area contributed by atoms with Crippen LogP contribution in [0.1, 0.15) is 18.2 Å². The molecule has 0 atom stereocenters. The van der Waals surface area contributed by atoms with Crippen LogP contribution >= 0.6 is 0 Å². The number of anilines is 1. The lowest BCUT2D eigenvalue weighted by Crippen LogP contribution is -2.28. The lowest BCUT2D eigenvalue weighted by Gasteiger charge is -2.11. The number of carbonyl (C=O) groups is 1. The Hall–Kier alpha value is -4.66. The maximum absolute atomic E-state index is 12.2. The van der Waals surface area contributed by atoms with E-state index in [9.17, 15) is 9.59 Å². The van der Waals surface area contributed by atoms with Gasteiger partial charge in [-0.1, -0.05) is 30.3 Å². The SMILES string of the molecule is CCNC(=O)Nc1nc2ccc(-c3cc(Cc4n[nH]c(=O)c5ccccc45)cc(OC)c3)cc2[nH]1. The van der Waals surface area contributed by atoms with Gasteiger partial charge in [-0.2, -0.15) is 5.10 Å². The minimum Gasteiger partial charge on any atom is -0.497 e. The zero-order valence-electron chi connectivity index (χ0n) is 19.3. The Labute approximate surface area is 200 Å². The first-order valence-electron chi connectivity index (χ1n) is 11.2. The maximum atomic E-state index is 12.2.